The summed E-state index contributed by atoms with van der Waals surface area (Å²) in [6.45, 7) is 6.87. The smallest absolute Gasteiger partial charge is 0.0759 e. The maximum absolute atomic E-state index is 10.2. The molecule has 0 aromatic carbocycles. The molecule has 0 spiro atoms. The fourth-order valence-electron chi connectivity index (χ4n) is 3.77. The minimum Gasteiger partial charge on any atom is -0.389 e. The molecule has 92 valence electrons. The highest BCUT2D eigenvalue weighted by Gasteiger charge is 2.50. The number of hydrogen-bond donors (Lipinski definition) is 1. The van der Waals surface area contributed by atoms with E-state index in [2.05, 4.69) is 26.8 Å². The SMILES string of the molecule is CO[C@H]1C=C2[C@@H](O)C[C@H](C(C)C)[C@@]2(C)CC1. The molecule has 0 bridgehead atoms. The molecular formula is C14H24O2. The lowest BCUT2D eigenvalue weighted by atomic mass is 9.66. The predicted octanol–water partition coefficient (Wildman–Crippen LogP) is 2.76. The summed E-state index contributed by atoms with van der Waals surface area (Å²) in [6.07, 6.45) is 5.32. The van der Waals surface area contributed by atoms with E-state index in [4.69, 9.17) is 4.74 Å². The fourth-order valence-corrected chi connectivity index (χ4v) is 3.77. The second kappa shape index (κ2) is 4.15. The first kappa shape index (κ1) is 12.1. The summed E-state index contributed by atoms with van der Waals surface area (Å²) in [5, 5.41) is 10.2. The maximum Gasteiger partial charge on any atom is 0.0759 e. The van der Waals surface area contributed by atoms with Crippen molar-refractivity contribution < 1.29 is 9.84 Å². The van der Waals surface area contributed by atoms with Crippen LogP contribution in [0.25, 0.3) is 0 Å². The zero-order chi connectivity index (χ0) is 11.9. The second-order valence-electron chi connectivity index (χ2n) is 5.95. The normalized spacial score (nSPS) is 43.4. The van der Waals surface area contributed by atoms with E-state index >= 15 is 0 Å². The highest BCUT2D eigenvalue weighted by atomic mass is 16.5. The van der Waals surface area contributed by atoms with Gasteiger partial charge in [-0.1, -0.05) is 26.8 Å². The van der Waals surface area contributed by atoms with Crippen LogP contribution >= 0.6 is 0 Å². The van der Waals surface area contributed by atoms with E-state index in [1.54, 1.807) is 7.11 Å². The molecule has 2 rings (SSSR count). The highest BCUT2D eigenvalue weighted by Crippen LogP contribution is 2.55. The number of ether oxygens (including phenoxy) is 1. The molecular weight excluding hydrogens is 200 g/mol. The first-order valence-electron chi connectivity index (χ1n) is 6.42. The van der Waals surface area contributed by atoms with E-state index in [-0.39, 0.29) is 17.6 Å². The topological polar surface area (TPSA) is 29.5 Å². The van der Waals surface area contributed by atoms with Crippen molar-refractivity contribution >= 4 is 0 Å². The molecule has 1 fully saturated rings. The largest absolute Gasteiger partial charge is 0.389 e. The Hall–Kier alpha value is -0.340. The molecule has 4 atom stereocenters. The van der Waals surface area contributed by atoms with Gasteiger partial charge in [0, 0.05) is 7.11 Å². The molecule has 16 heavy (non-hydrogen) atoms. The molecule has 0 aliphatic heterocycles. The van der Waals surface area contributed by atoms with Gasteiger partial charge in [0.25, 0.3) is 0 Å². The minimum absolute atomic E-state index is 0.211. The molecule has 0 aromatic rings. The number of hydrogen-bond acceptors (Lipinski definition) is 2. The molecule has 2 heteroatoms. The summed E-state index contributed by atoms with van der Waals surface area (Å²) in [5.74, 6) is 1.26. The van der Waals surface area contributed by atoms with Gasteiger partial charge in [0.1, 0.15) is 0 Å². The van der Waals surface area contributed by atoms with Gasteiger partial charge in [-0.2, -0.15) is 0 Å². The van der Waals surface area contributed by atoms with E-state index in [0.29, 0.717) is 11.8 Å². The average Bonchev–Trinajstić information content (AvgIpc) is 2.51. The number of methoxy groups -OCH3 is 1. The third-order valence-electron chi connectivity index (χ3n) is 4.74. The summed E-state index contributed by atoms with van der Waals surface area (Å²) >= 11 is 0. The highest BCUT2D eigenvalue weighted by molar-refractivity contribution is 5.29. The molecule has 0 heterocycles. The van der Waals surface area contributed by atoms with E-state index in [1.165, 1.54) is 5.57 Å². The molecule has 0 unspecified atom stereocenters. The Morgan fingerprint density at radius 2 is 2.19 bits per heavy atom. The average molecular weight is 224 g/mol. The van der Waals surface area contributed by atoms with Crippen molar-refractivity contribution in [1.82, 2.24) is 0 Å². The van der Waals surface area contributed by atoms with Crippen LogP contribution in [0.15, 0.2) is 11.6 Å². The van der Waals surface area contributed by atoms with Gasteiger partial charge < -0.3 is 9.84 Å². The zero-order valence-electron chi connectivity index (χ0n) is 10.9. The monoisotopic (exact) mass is 224 g/mol. The van der Waals surface area contributed by atoms with Gasteiger partial charge in [0.15, 0.2) is 0 Å². The predicted molar refractivity (Wildman–Crippen MR) is 65.2 cm³/mol. The number of aliphatic hydroxyl groups is 1. The Bertz CT molecular complexity index is 295. The summed E-state index contributed by atoms with van der Waals surface area (Å²) in [5.41, 5.74) is 1.45. The van der Waals surface area contributed by atoms with Crippen LogP contribution < -0.4 is 0 Å². The molecule has 2 aliphatic rings. The summed E-state index contributed by atoms with van der Waals surface area (Å²) < 4.78 is 5.40. The quantitative estimate of drug-likeness (QED) is 0.731. The van der Waals surface area contributed by atoms with E-state index in [1.807, 2.05) is 0 Å². The molecule has 0 amide bonds. The van der Waals surface area contributed by atoms with Crippen molar-refractivity contribution in [2.75, 3.05) is 7.11 Å². The van der Waals surface area contributed by atoms with Crippen molar-refractivity contribution in [1.29, 1.82) is 0 Å². The van der Waals surface area contributed by atoms with Crippen molar-refractivity contribution in [2.24, 2.45) is 17.3 Å². The Morgan fingerprint density at radius 3 is 2.75 bits per heavy atom. The van der Waals surface area contributed by atoms with Crippen LogP contribution in [0.3, 0.4) is 0 Å². The molecule has 1 saturated carbocycles. The number of fused-ring (bicyclic) bond motifs is 1. The molecule has 0 radical (unpaired) electrons. The van der Waals surface area contributed by atoms with Gasteiger partial charge >= 0.3 is 0 Å². The van der Waals surface area contributed by atoms with Crippen molar-refractivity contribution in [3.05, 3.63) is 11.6 Å². The number of rotatable bonds is 2. The summed E-state index contributed by atoms with van der Waals surface area (Å²) in [6, 6.07) is 0. The summed E-state index contributed by atoms with van der Waals surface area (Å²) in [7, 11) is 1.76. The van der Waals surface area contributed by atoms with Crippen molar-refractivity contribution in [2.45, 2.75) is 52.2 Å². The van der Waals surface area contributed by atoms with E-state index in [9.17, 15) is 5.11 Å². The van der Waals surface area contributed by atoms with Gasteiger partial charge in [-0.15, -0.1) is 0 Å². The van der Waals surface area contributed by atoms with Crippen molar-refractivity contribution in [3.63, 3.8) is 0 Å². The van der Waals surface area contributed by atoms with Gasteiger partial charge in [-0.3, -0.25) is 0 Å². The summed E-state index contributed by atoms with van der Waals surface area (Å²) in [4.78, 5) is 0. The molecule has 1 N–H and O–H groups in total. The third kappa shape index (κ3) is 1.72. The van der Waals surface area contributed by atoms with Crippen LogP contribution in [0.5, 0.6) is 0 Å². The van der Waals surface area contributed by atoms with Crippen LogP contribution in [0.2, 0.25) is 0 Å². The lowest BCUT2D eigenvalue weighted by Crippen LogP contribution is -2.33. The number of aliphatic hydroxyl groups excluding tert-OH is 1. The van der Waals surface area contributed by atoms with Crippen LogP contribution in [0.1, 0.15) is 40.0 Å². The Kier molecular flexibility index (Phi) is 3.15. The maximum atomic E-state index is 10.2. The Labute approximate surface area is 98.7 Å². The first-order valence-corrected chi connectivity index (χ1v) is 6.42. The van der Waals surface area contributed by atoms with Gasteiger partial charge in [0.05, 0.1) is 12.2 Å². The van der Waals surface area contributed by atoms with Crippen LogP contribution in [-0.2, 0) is 4.74 Å². The first-order chi connectivity index (χ1) is 7.49. The van der Waals surface area contributed by atoms with Crippen LogP contribution in [-0.4, -0.2) is 24.4 Å². The molecule has 0 aromatic heterocycles. The van der Waals surface area contributed by atoms with Crippen LogP contribution in [0, 0.1) is 17.3 Å². The fraction of sp³-hybridized carbons (Fsp3) is 0.857. The minimum atomic E-state index is -0.240. The molecule has 2 aliphatic carbocycles. The van der Waals surface area contributed by atoms with Gasteiger partial charge in [0.2, 0.25) is 0 Å². The van der Waals surface area contributed by atoms with Gasteiger partial charge in [-0.05, 0) is 42.1 Å². The standard InChI is InChI=1S/C14H24O2/c1-9(2)11-8-13(15)12-7-10(16-4)5-6-14(11,12)3/h7,9-11,13,15H,5-6,8H2,1-4H3/t10-,11-,13+,14-/m1/s1. The van der Waals surface area contributed by atoms with Crippen LogP contribution in [0.4, 0.5) is 0 Å². The lowest BCUT2D eigenvalue weighted by Gasteiger charge is -2.39. The second-order valence-corrected chi connectivity index (χ2v) is 5.95. The van der Waals surface area contributed by atoms with E-state index in [0.717, 1.165) is 19.3 Å². The Morgan fingerprint density at radius 1 is 1.50 bits per heavy atom. The zero-order valence-corrected chi connectivity index (χ0v) is 10.9. The van der Waals surface area contributed by atoms with Gasteiger partial charge in [-0.25, -0.2) is 0 Å². The third-order valence-corrected chi connectivity index (χ3v) is 4.74. The Balaban J connectivity index is 2.31. The molecule has 2 nitrogen and oxygen atoms in total. The van der Waals surface area contributed by atoms with Crippen molar-refractivity contribution in [3.8, 4) is 0 Å². The lowest BCUT2D eigenvalue weighted by molar-refractivity contribution is 0.0906. The molecule has 0 saturated heterocycles. The van der Waals surface area contributed by atoms with E-state index < -0.39 is 0 Å².